The van der Waals surface area contributed by atoms with Gasteiger partial charge in [0.2, 0.25) is 0 Å². The smallest absolute Gasteiger partial charge is 0.145 e. The molecule has 0 saturated heterocycles. The molecule has 0 aliphatic carbocycles. The van der Waals surface area contributed by atoms with Crippen molar-refractivity contribution in [3.8, 4) is 5.75 Å². The molecule has 0 bridgehead atoms. The molecule has 0 radical (unpaired) electrons. The molecule has 0 unspecified atom stereocenters. The molecule has 94 valence electrons. The van der Waals surface area contributed by atoms with Crippen LogP contribution in [0.3, 0.4) is 0 Å². The molecule has 0 saturated carbocycles. The molecule has 2 aromatic carbocycles. The molecule has 2 rings (SSSR count). The number of nitrogens with two attached hydrogens (primary N) is 1. The van der Waals surface area contributed by atoms with Crippen molar-refractivity contribution < 1.29 is 9.13 Å². The molecule has 0 atom stereocenters. The molecular weight excluding hydrogens is 229 g/mol. The molecule has 0 fully saturated rings. The van der Waals surface area contributed by atoms with Gasteiger partial charge in [-0.3, -0.25) is 0 Å². The standard InChI is InChI=1S/C15H16FNO/c1-10-6-7-13(16)8-12(10)9-18-15-11(2)4-3-5-14(15)17/h3-8H,9,17H2,1-2H3. The van der Waals surface area contributed by atoms with Crippen molar-refractivity contribution in [2.75, 3.05) is 5.73 Å². The van der Waals surface area contributed by atoms with Gasteiger partial charge in [-0.1, -0.05) is 18.2 Å². The van der Waals surface area contributed by atoms with Crippen LogP contribution in [0.15, 0.2) is 36.4 Å². The summed E-state index contributed by atoms with van der Waals surface area (Å²) in [7, 11) is 0. The van der Waals surface area contributed by atoms with E-state index < -0.39 is 0 Å². The van der Waals surface area contributed by atoms with Crippen LogP contribution in [0.5, 0.6) is 5.75 Å². The van der Waals surface area contributed by atoms with Crippen LogP contribution in [0.25, 0.3) is 0 Å². The molecule has 0 heterocycles. The van der Waals surface area contributed by atoms with Gasteiger partial charge in [0.1, 0.15) is 18.2 Å². The lowest BCUT2D eigenvalue weighted by molar-refractivity contribution is 0.304. The molecule has 0 aliphatic heterocycles. The summed E-state index contributed by atoms with van der Waals surface area (Å²) < 4.78 is 18.8. The number of hydrogen-bond donors (Lipinski definition) is 1. The second-order valence-corrected chi connectivity index (χ2v) is 4.35. The van der Waals surface area contributed by atoms with Crippen LogP contribution in [0.4, 0.5) is 10.1 Å². The van der Waals surface area contributed by atoms with E-state index in [2.05, 4.69) is 0 Å². The predicted octanol–water partition coefficient (Wildman–Crippen LogP) is 3.60. The number of nitrogen functional groups attached to an aromatic ring is 1. The van der Waals surface area contributed by atoms with Crippen molar-refractivity contribution in [1.29, 1.82) is 0 Å². The highest BCUT2D eigenvalue weighted by atomic mass is 19.1. The topological polar surface area (TPSA) is 35.2 Å². The van der Waals surface area contributed by atoms with Gasteiger partial charge in [-0.15, -0.1) is 0 Å². The maximum atomic E-state index is 13.2. The van der Waals surface area contributed by atoms with Gasteiger partial charge in [0.15, 0.2) is 0 Å². The van der Waals surface area contributed by atoms with Gasteiger partial charge in [-0.25, -0.2) is 4.39 Å². The van der Waals surface area contributed by atoms with Crippen molar-refractivity contribution in [2.45, 2.75) is 20.5 Å². The molecule has 3 heteroatoms. The van der Waals surface area contributed by atoms with E-state index in [0.717, 1.165) is 16.7 Å². The largest absolute Gasteiger partial charge is 0.486 e. The molecule has 0 spiro atoms. The first-order chi connectivity index (χ1) is 8.58. The Morgan fingerprint density at radius 1 is 1.11 bits per heavy atom. The summed E-state index contributed by atoms with van der Waals surface area (Å²) in [5, 5.41) is 0. The lowest BCUT2D eigenvalue weighted by Crippen LogP contribution is -2.02. The van der Waals surface area contributed by atoms with Gasteiger partial charge in [-0.2, -0.15) is 0 Å². The zero-order valence-corrected chi connectivity index (χ0v) is 10.5. The Kier molecular flexibility index (Phi) is 3.51. The summed E-state index contributed by atoms with van der Waals surface area (Å²) in [6.07, 6.45) is 0. The Bertz CT molecular complexity index is 546. The summed E-state index contributed by atoms with van der Waals surface area (Å²) in [4.78, 5) is 0. The normalized spacial score (nSPS) is 10.4. The molecule has 0 aromatic heterocycles. The van der Waals surface area contributed by atoms with Crippen molar-refractivity contribution in [3.05, 3.63) is 58.9 Å². The second kappa shape index (κ2) is 5.08. The van der Waals surface area contributed by atoms with E-state index in [1.807, 2.05) is 26.0 Å². The second-order valence-electron chi connectivity index (χ2n) is 4.35. The number of halogens is 1. The fraction of sp³-hybridized carbons (Fsp3) is 0.200. The highest BCUT2D eigenvalue weighted by Crippen LogP contribution is 2.26. The first-order valence-electron chi connectivity index (χ1n) is 5.81. The quantitative estimate of drug-likeness (QED) is 0.838. The molecule has 2 N–H and O–H groups in total. The van der Waals surface area contributed by atoms with Crippen molar-refractivity contribution >= 4 is 5.69 Å². The number of anilines is 1. The average Bonchev–Trinajstić information content (AvgIpc) is 2.33. The zero-order chi connectivity index (χ0) is 13.1. The zero-order valence-electron chi connectivity index (χ0n) is 10.5. The Balaban J connectivity index is 2.19. The summed E-state index contributed by atoms with van der Waals surface area (Å²) in [6.45, 7) is 4.18. The third-order valence-electron chi connectivity index (χ3n) is 2.93. The fourth-order valence-electron chi connectivity index (χ4n) is 1.82. The maximum absolute atomic E-state index is 13.2. The lowest BCUT2D eigenvalue weighted by Gasteiger charge is -2.13. The first-order valence-corrected chi connectivity index (χ1v) is 5.81. The van der Waals surface area contributed by atoms with Crippen molar-refractivity contribution in [2.24, 2.45) is 0 Å². The maximum Gasteiger partial charge on any atom is 0.145 e. The third kappa shape index (κ3) is 2.62. The van der Waals surface area contributed by atoms with Crippen LogP contribution in [-0.4, -0.2) is 0 Å². The minimum atomic E-state index is -0.253. The van der Waals surface area contributed by atoms with Gasteiger partial charge in [0, 0.05) is 0 Å². The molecule has 0 amide bonds. The van der Waals surface area contributed by atoms with E-state index in [-0.39, 0.29) is 5.82 Å². The van der Waals surface area contributed by atoms with E-state index in [0.29, 0.717) is 18.0 Å². The SMILES string of the molecule is Cc1ccc(F)cc1COc1c(C)cccc1N. The molecule has 2 aromatic rings. The summed E-state index contributed by atoms with van der Waals surface area (Å²) in [5.74, 6) is 0.415. The van der Waals surface area contributed by atoms with E-state index in [1.165, 1.54) is 12.1 Å². The van der Waals surface area contributed by atoms with Gasteiger partial charge in [-0.05, 0) is 48.7 Å². The Labute approximate surface area is 106 Å². The van der Waals surface area contributed by atoms with Crippen LogP contribution >= 0.6 is 0 Å². The monoisotopic (exact) mass is 245 g/mol. The summed E-state index contributed by atoms with van der Waals surface area (Å²) in [6, 6.07) is 10.3. The lowest BCUT2D eigenvalue weighted by atomic mass is 10.1. The summed E-state index contributed by atoms with van der Waals surface area (Å²) >= 11 is 0. The van der Waals surface area contributed by atoms with E-state index in [1.54, 1.807) is 12.1 Å². The number of aryl methyl sites for hydroxylation is 2. The van der Waals surface area contributed by atoms with E-state index in [4.69, 9.17) is 10.5 Å². The van der Waals surface area contributed by atoms with Gasteiger partial charge < -0.3 is 10.5 Å². The highest BCUT2D eigenvalue weighted by Gasteiger charge is 2.06. The van der Waals surface area contributed by atoms with Crippen molar-refractivity contribution in [1.82, 2.24) is 0 Å². The Morgan fingerprint density at radius 3 is 2.61 bits per heavy atom. The van der Waals surface area contributed by atoms with Gasteiger partial charge in [0.05, 0.1) is 5.69 Å². The Hall–Kier alpha value is -2.03. The summed E-state index contributed by atoms with van der Waals surface area (Å²) in [5.41, 5.74) is 9.27. The van der Waals surface area contributed by atoms with Crippen LogP contribution in [-0.2, 0) is 6.61 Å². The number of rotatable bonds is 3. The molecule has 18 heavy (non-hydrogen) atoms. The molecule has 2 nitrogen and oxygen atoms in total. The number of hydrogen-bond acceptors (Lipinski definition) is 2. The van der Waals surface area contributed by atoms with E-state index in [9.17, 15) is 4.39 Å². The van der Waals surface area contributed by atoms with Gasteiger partial charge in [0.25, 0.3) is 0 Å². The number of benzene rings is 2. The van der Waals surface area contributed by atoms with Crippen molar-refractivity contribution in [3.63, 3.8) is 0 Å². The van der Waals surface area contributed by atoms with Crippen LogP contribution < -0.4 is 10.5 Å². The van der Waals surface area contributed by atoms with Crippen LogP contribution in [0.2, 0.25) is 0 Å². The minimum absolute atomic E-state index is 0.253. The molecular formula is C15H16FNO. The number of para-hydroxylation sites is 1. The van der Waals surface area contributed by atoms with E-state index >= 15 is 0 Å². The predicted molar refractivity (Wildman–Crippen MR) is 71.1 cm³/mol. The van der Waals surface area contributed by atoms with Crippen LogP contribution in [0.1, 0.15) is 16.7 Å². The van der Waals surface area contributed by atoms with Gasteiger partial charge >= 0.3 is 0 Å². The Morgan fingerprint density at radius 2 is 1.89 bits per heavy atom. The third-order valence-corrected chi connectivity index (χ3v) is 2.93. The average molecular weight is 245 g/mol. The minimum Gasteiger partial charge on any atom is -0.486 e. The highest BCUT2D eigenvalue weighted by molar-refractivity contribution is 5.56. The molecule has 0 aliphatic rings. The fourth-order valence-corrected chi connectivity index (χ4v) is 1.82. The van der Waals surface area contributed by atoms with Crippen LogP contribution in [0, 0.1) is 19.7 Å². The number of ether oxygens (including phenoxy) is 1. The first kappa shape index (κ1) is 12.4.